The highest BCUT2D eigenvalue weighted by Crippen LogP contribution is 2.28. The molecule has 6 nitrogen and oxygen atoms in total. The first kappa shape index (κ1) is 12.4. The van der Waals surface area contributed by atoms with E-state index in [1.54, 1.807) is 12.1 Å². The van der Waals surface area contributed by atoms with E-state index in [0.717, 1.165) is 0 Å². The van der Waals surface area contributed by atoms with Crippen LogP contribution in [0.2, 0.25) is 0 Å². The van der Waals surface area contributed by atoms with E-state index in [1.807, 2.05) is 18.2 Å². The van der Waals surface area contributed by atoms with Crippen LogP contribution in [0.15, 0.2) is 30.3 Å². The van der Waals surface area contributed by atoms with Crippen molar-refractivity contribution < 1.29 is 19.0 Å². The van der Waals surface area contributed by atoms with Crippen LogP contribution in [-0.2, 0) is 14.2 Å². The smallest absolute Gasteiger partial charge is 0.412 e. The van der Waals surface area contributed by atoms with Gasteiger partial charge < -0.3 is 19.9 Å². The number of para-hydroxylation sites is 1. The number of benzene rings is 1. The van der Waals surface area contributed by atoms with Crippen molar-refractivity contribution in [3.63, 3.8) is 0 Å². The topological polar surface area (TPSA) is 82.8 Å². The predicted octanol–water partition coefficient (Wildman–Crippen LogP) is 0.729. The summed E-state index contributed by atoms with van der Waals surface area (Å²) in [4.78, 5) is 11.8. The Labute approximate surface area is 110 Å². The van der Waals surface area contributed by atoms with Crippen molar-refractivity contribution in [2.24, 2.45) is 5.73 Å². The maximum atomic E-state index is 11.8. The molecular weight excluding hydrogens is 248 g/mol. The van der Waals surface area contributed by atoms with Crippen LogP contribution in [0.5, 0.6) is 0 Å². The molecule has 2 fully saturated rings. The lowest BCUT2D eigenvalue weighted by molar-refractivity contribution is 0.00900. The number of hydrogen-bond acceptors (Lipinski definition) is 5. The van der Waals surface area contributed by atoms with Crippen molar-refractivity contribution in [2.45, 2.75) is 24.4 Å². The van der Waals surface area contributed by atoms with Crippen molar-refractivity contribution in [1.82, 2.24) is 0 Å². The van der Waals surface area contributed by atoms with Gasteiger partial charge in [-0.1, -0.05) is 18.2 Å². The van der Waals surface area contributed by atoms with Gasteiger partial charge in [-0.15, -0.1) is 0 Å². The molecule has 2 heterocycles. The Morgan fingerprint density at radius 1 is 1.21 bits per heavy atom. The molecule has 0 radical (unpaired) electrons. The highest BCUT2D eigenvalue weighted by molar-refractivity contribution is 5.84. The summed E-state index contributed by atoms with van der Waals surface area (Å²) in [5.41, 5.74) is 6.52. The van der Waals surface area contributed by atoms with Crippen molar-refractivity contribution in [2.75, 3.05) is 18.5 Å². The van der Waals surface area contributed by atoms with E-state index in [2.05, 4.69) is 5.32 Å². The minimum absolute atomic E-state index is 0.143. The molecule has 2 aliphatic heterocycles. The van der Waals surface area contributed by atoms with Gasteiger partial charge in [0.05, 0.1) is 19.3 Å². The van der Waals surface area contributed by atoms with Crippen LogP contribution in [0, 0.1) is 0 Å². The van der Waals surface area contributed by atoms with Crippen LogP contribution in [0.4, 0.5) is 10.5 Å². The lowest BCUT2D eigenvalue weighted by Crippen LogP contribution is -2.38. The number of carbonyl (C=O) groups excluding carboxylic acids is 1. The highest BCUT2D eigenvalue weighted by Gasteiger charge is 2.48. The van der Waals surface area contributed by atoms with E-state index >= 15 is 0 Å². The van der Waals surface area contributed by atoms with Gasteiger partial charge >= 0.3 is 6.09 Å². The molecule has 0 saturated carbocycles. The lowest BCUT2D eigenvalue weighted by Gasteiger charge is -2.17. The van der Waals surface area contributed by atoms with Gasteiger partial charge in [0.25, 0.3) is 0 Å². The van der Waals surface area contributed by atoms with E-state index in [-0.39, 0.29) is 18.2 Å². The van der Waals surface area contributed by atoms with E-state index in [0.29, 0.717) is 18.9 Å². The van der Waals surface area contributed by atoms with E-state index in [4.69, 9.17) is 19.9 Å². The Balaban J connectivity index is 1.56. The maximum absolute atomic E-state index is 11.8. The zero-order chi connectivity index (χ0) is 13.2. The van der Waals surface area contributed by atoms with Gasteiger partial charge in [0.2, 0.25) is 0 Å². The molecule has 0 aliphatic carbocycles. The third kappa shape index (κ3) is 2.56. The van der Waals surface area contributed by atoms with Gasteiger partial charge in [-0.2, -0.15) is 0 Å². The predicted molar refractivity (Wildman–Crippen MR) is 67.8 cm³/mol. The Hall–Kier alpha value is -1.63. The molecule has 1 aromatic rings. The van der Waals surface area contributed by atoms with Crippen LogP contribution in [0.1, 0.15) is 0 Å². The number of carbonyl (C=O) groups is 1. The fourth-order valence-electron chi connectivity index (χ4n) is 2.40. The van der Waals surface area contributed by atoms with Gasteiger partial charge in [-0.25, -0.2) is 4.79 Å². The number of nitrogens with one attached hydrogen (secondary N) is 1. The Morgan fingerprint density at radius 3 is 2.74 bits per heavy atom. The molecule has 102 valence electrons. The molecule has 2 saturated heterocycles. The Bertz CT molecular complexity index is 453. The number of anilines is 1. The third-order valence-electron chi connectivity index (χ3n) is 3.32. The van der Waals surface area contributed by atoms with E-state index < -0.39 is 12.2 Å². The number of hydrogen-bond donors (Lipinski definition) is 2. The molecule has 3 N–H and O–H groups in total. The zero-order valence-electron chi connectivity index (χ0n) is 10.3. The van der Waals surface area contributed by atoms with Crippen LogP contribution in [-0.4, -0.2) is 43.7 Å². The van der Waals surface area contributed by atoms with Crippen molar-refractivity contribution in [1.29, 1.82) is 0 Å². The Morgan fingerprint density at radius 2 is 1.95 bits per heavy atom. The number of fused-ring (bicyclic) bond motifs is 1. The third-order valence-corrected chi connectivity index (χ3v) is 3.32. The quantitative estimate of drug-likeness (QED) is 0.822. The summed E-state index contributed by atoms with van der Waals surface area (Å²) in [5.74, 6) is 0. The fourth-order valence-corrected chi connectivity index (χ4v) is 2.40. The minimum atomic E-state index is -0.510. The molecule has 6 heteroatoms. The molecule has 0 aromatic heterocycles. The molecule has 1 aromatic carbocycles. The SMILES string of the molecule is NC1COC2C(OC(=O)Nc3ccccc3)COC12. The first-order chi connectivity index (χ1) is 9.24. The second-order valence-electron chi connectivity index (χ2n) is 4.69. The van der Waals surface area contributed by atoms with Gasteiger partial charge in [0.15, 0.2) is 6.10 Å². The summed E-state index contributed by atoms with van der Waals surface area (Å²) in [6, 6.07) is 8.98. The average Bonchev–Trinajstić information content (AvgIpc) is 2.96. The van der Waals surface area contributed by atoms with Crippen molar-refractivity contribution in [3.05, 3.63) is 30.3 Å². The summed E-state index contributed by atoms with van der Waals surface area (Å²) in [7, 11) is 0. The largest absolute Gasteiger partial charge is 0.441 e. The van der Waals surface area contributed by atoms with E-state index in [9.17, 15) is 4.79 Å². The lowest BCUT2D eigenvalue weighted by atomic mass is 10.1. The fraction of sp³-hybridized carbons (Fsp3) is 0.462. The summed E-state index contributed by atoms with van der Waals surface area (Å²) < 4.78 is 16.3. The summed E-state index contributed by atoms with van der Waals surface area (Å²) in [5, 5.41) is 2.66. The number of ether oxygens (including phenoxy) is 3. The second kappa shape index (κ2) is 5.16. The molecular formula is C13H16N2O4. The number of rotatable bonds is 2. The molecule has 4 atom stereocenters. The van der Waals surface area contributed by atoms with E-state index in [1.165, 1.54) is 0 Å². The maximum Gasteiger partial charge on any atom is 0.412 e. The Kier molecular flexibility index (Phi) is 3.37. The minimum Gasteiger partial charge on any atom is -0.441 e. The average molecular weight is 264 g/mol. The van der Waals surface area contributed by atoms with Gasteiger partial charge in [0.1, 0.15) is 12.2 Å². The van der Waals surface area contributed by atoms with Crippen molar-refractivity contribution >= 4 is 11.8 Å². The number of amides is 1. The molecule has 2 aliphatic rings. The van der Waals surface area contributed by atoms with Gasteiger partial charge in [0, 0.05) is 5.69 Å². The summed E-state index contributed by atoms with van der Waals surface area (Å²) in [6.07, 6.45) is -1.34. The molecule has 1 amide bonds. The zero-order valence-corrected chi connectivity index (χ0v) is 10.3. The van der Waals surface area contributed by atoms with Gasteiger partial charge in [-0.3, -0.25) is 5.32 Å². The molecule has 0 spiro atoms. The van der Waals surface area contributed by atoms with Crippen LogP contribution >= 0.6 is 0 Å². The van der Waals surface area contributed by atoms with Crippen LogP contribution in [0.25, 0.3) is 0 Å². The second-order valence-corrected chi connectivity index (χ2v) is 4.69. The van der Waals surface area contributed by atoms with Crippen LogP contribution in [0.3, 0.4) is 0 Å². The summed E-state index contributed by atoms with van der Waals surface area (Å²) >= 11 is 0. The standard InChI is InChI=1S/C13H16N2O4/c14-9-6-17-12-10(7-18-11(9)12)19-13(16)15-8-4-2-1-3-5-8/h1-5,9-12H,6-7,14H2,(H,15,16). The molecule has 4 unspecified atom stereocenters. The number of nitrogens with two attached hydrogens (primary N) is 1. The van der Waals surface area contributed by atoms with Crippen molar-refractivity contribution in [3.8, 4) is 0 Å². The van der Waals surface area contributed by atoms with Crippen LogP contribution < -0.4 is 11.1 Å². The first-order valence-electron chi connectivity index (χ1n) is 6.25. The summed E-state index contributed by atoms with van der Waals surface area (Å²) in [6.45, 7) is 0.765. The monoisotopic (exact) mass is 264 g/mol. The normalized spacial score (nSPS) is 32.9. The molecule has 3 rings (SSSR count). The molecule has 19 heavy (non-hydrogen) atoms. The molecule has 0 bridgehead atoms. The highest BCUT2D eigenvalue weighted by atomic mass is 16.6. The first-order valence-corrected chi connectivity index (χ1v) is 6.25. The van der Waals surface area contributed by atoms with Gasteiger partial charge in [-0.05, 0) is 12.1 Å².